The van der Waals surface area contributed by atoms with Gasteiger partial charge in [0.25, 0.3) is 0 Å². The van der Waals surface area contributed by atoms with Crippen molar-refractivity contribution in [3.8, 4) is 6.07 Å². The zero-order valence-electron chi connectivity index (χ0n) is 12.5. The van der Waals surface area contributed by atoms with Gasteiger partial charge in [0.15, 0.2) is 0 Å². The van der Waals surface area contributed by atoms with Crippen LogP contribution in [-0.2, 0) is 13.1 Å². The van der Waals surface area contributed by atoms with Gasteiger partial charge in [-0.15, -0.1) is 10.2 Å². The minimum atomic E-state index is -0.397. The summed E-state index contributed by atoms with van der Waals surface area (Å²) in [5.41, 5.74) is -0.397. The monoisotopic (exact) mass is 276 g/mol. The van der Waals surface area contributed by atoms with Crippen molar-refractivity contribution in [1.82, 2.24) is 25.0 Å². The Labute approximate surface area is 120 Å². The van der Waals surface area contributed by atoms with Crippen molar-refractivity contribution in [3.63, 3.8) is 0 Å². The molecule has 2 heterocycles. The number of nitrogens with zero attached hydrogens (tertiary/aromatic N) is 5. The molecule has 1 aliphatic rings. The fourth-order valence-corrected chi connectivity index (χ4v) is 2.55. The molecule has 1 aromatic heterocycles. The minimum absolute atomic E-state index is 0.397. The lowest BCUT2D eigenvalue weighted by Gasteiger charge is -2.28. The van der Waals surface area contributed by atoms with Crippen LogP contribution in [0, 0.1) is 11.3 Å². The van der Waals surface area contributed by atoms with Gasteiger partial charge in [0.05, 0.1) is 12.6 Å². The van der Waals surface area contributed by atoms with Gasteiger partial charge in [-0.2, -0.15) is 5.26 Å². The number of hydrogen-bond acceptors (Lipinski definition) is 5. The number of fused-ring (bicyclic) bond motifs is 1. The third-order valence-electron chi connectivity index (χ3n) is 3.88. The van der Waals surface area contributed by atoms with Crippen molar-refractivity contribution in [2.45, 2.75) is 51.7 Å². The number of rotatable bonds is 7. The Balaban J connectivity index is 1.75. The van der Waals surface area contributed by atoms with Crippen molar-refractivity contribution in [3.05, 3.63) is 12.2 Å². The highest BCUT2D eigenvalue weighted by Crippen LogP contribution is 2.14. The van der Waals surface area contributed by atoms with Gasteiger partial charge in [0.1, 0.15) is 17.7 Å². The maximum absolute atomic E-state index is 9.30. The van der Waals surface area contributed by atoms with E-state index in [-0.39, 0.29) is 0 Å². The topological polar surface area (TPSA) is 69.8 Å². The second-order valence-electron chi connectivity index (χ2n) is 5.69. The molecule has 6 heteroatoms. The fraction of sp³-hybridized carbons (Fsp3) is 0.786. The van der Waals surface area contributed by atoms with Gasteiger partial charge in [-0.05, 0) is 39.3 Å². The molecule has 0 saturated carbocycles. The van der Waals surface area contributed by atoms with Gasteiger partial charge >= 0.3 is 0 Å². The van der Waals surface area contributed by atoms with E-state index in [4.69, 9.17) is 0 Å². The Morgan fingerprint density at radius 1 is 1.50 bits per heavy atom. The van der Waals surface area contributed by atoms with E-state index >= 15 is 0 Å². The molecule has 110 valence electrons. The molecule has 0 aromatic carbocycles. The van der Waals surface area contributed by atoms with Crippen LogP contribution in [0.1, 0.15) is 38.9 Å². The van der Waals surface area contributed by atoms with Crippen molar-refractivity contribution in [1.29, 1.82) is 5.26 Å². The van der Waals surface area contributed by atoms with Gasteiger partial charge in [0, 0.05) is 13.1 Å². The Morgan fingerprint density at radius 2 is 2.35 bits per heavy atom. The zero-order valence-corrected chi connectivity index (χ0v) is 12.5. The summed E-state index contributed by atoms with van der Waals surface area (Å²) in [4.78, 5) is 2.39. The van der Waals surface area contributed by atoms with Crippen LogP contribution in [0.25, 0.3) is 0 Å². The maximum atomic E-state index is 9.30. The summed E-state index contributed by atoms with van der Waals surface area (Å²) in [6, 6.07) is 2.41. The van der Waals surface area contributed by atoms with E-state index in [2.05, 4.69) is 38.0 Å². The maximum Gasteiger partial charge on any atom is 0.147 e. The molecule has 6 nitrogen and oxygen atoms in total. The minimum Gasteiger partial charge on any atom is -0.315 e. The van der Waals surface area contributed by atoms with Crippen LogP contribution in [0.3, 0.4) is 0 Å². The Hall–Kier alpha value is -1.45. The van der Waals surface area contributed by atoms with E-state index in [1.165, 1.54) is 0 Å². The molecule has 1 atom stereocenters. The van der Waals surface area contributed by atoms with Crippen molar-refractivity contribution < 1.29 is 0 Å². The SMILES string of the molecule is CCCNC(C)(C#N)CCCN1CCn2cnnc2C1. The van der Waals surface area contributed by atoms with E-state index < -0.39 is 5.54 Å². The van der Waals surface area contributed by atoms with Gasteiger partial charge in [-0.1, -0.05) is 6.92 Å². The molecule has 1 aliphatic heterocycles. The van der Waals surface area contributed by atoms with E-state index in [9.17, 15) is 5.26 Å². The molecular weight excluding hydrogens is 252 g/mol. The molecule has 0 aliphatic carbocycles. The Morgan fingerprint density at radius 3 is 3.10 bits per heavy atom. The molecule has 20 heavy (non-hydrogen) atoms. The van der Waals surface area contributed by atoms with Crippen LogP contribution in [0.5, 0.6) is 0 Å². The van der Waals surface area contributed by atoms with E-state index in [1.807, 2.05) is 6.92 Å². The molecule has 0 spiro atoms. The van der Waals surface area contributed by atoms with Crippen LogP contribution in [0.15, 0.2) is 6.33 Å². The number of aromatic nitrogens is 3. The first-order valence-electron chi connectivity index (χ1n) is 7.42. The summed E-state index contributed by atoms with van der Waals surface area (Å²) in [5.74, 6) is 1.04. The van der Waals surface area contributed by atoms with Crippen molar-refractivity contribution >= 4 is 0 Å². The highest BCUT2D eigenvalue weighted by Gasteiger charge is 2.23. The summed E-state index contributed by atoms with van der Waals surface area (Å²) in [6.07, 6.45) is 4.76. The summed E-state index contributed by atoms with van der Waals surface area (Å²) in [6.45, 7) is 8.90. The largest absolute Gasteiger partial charge is 0.315 e. The lowest BCUT2D eigenvalue weighted by molar-refractivity contribution is 0.207. The van der Waals surface area contributed by atoms with Crippen LogP contribution in [-0.4, -0.2) is 44.8 Å². The molecule has 0 bridgehead atoms. The average Bonchev–Trinajstić information content (AvgIpc) is 2.93. The first-order chi connectivity index (χ1) is 9.67. The van der Waals surface area contributed by atoms with Gasteiger partial charge < -0.3 is 4.57 Å². The molecule has 0 amide bonds. The summed E-state index contributed by atoms with van der Waals surface area (Å²) < 4.78 is 2.11. The smallest absolute Gasteiger partial charge is 0.147 e. The fourth-order valence-electron chi connectivity index (χ4n) is 2.55. The first kappa shape index (κ1) is 14.9. The molecule has 1 aromatic rings. The first-order valence-corrected chi connectivity index (χ1v) is 7.42. The number of hydrogen-bond donors (Lipinski definition) is 1. The Kier molecular flexibility index (Phi) is 5.10. The second-order valence-corrected chi connectivity index (χ2v) is 5.69. The molecule has 1 N–H and O–H groups in total. The third-order valence-corrected chi connectivity index (χ3v) is 3.88. The standard InChI is InChI=1S/C14H24N6/c1-3-6-16-14(2,11-15)5-4-7-19-8-9-20-12-17-18-13(20)10-19/h12,16H,3-10H2,1-2H3. The second kappa shape index (κ2) is 6.82. The highest BCUT2D eigenvalue weighted by molar-refractivity contribution is 5.03. The van der Waals surface area contributed by atoms with E-state index in [1.54, 1.807) is 6.33 Å². The number of nitriles is 1. The zero-order chi connectivity index (χ0) is 14.4. The third kappa shape index (κ3) is 3.78. The summed E-state index contributed by atoms with van der Waals surface area (Å²) in [5, 5.41) is 20.7. The molecule has 0 saturated heterocycles. The molecule has 0 radical (unpaired) electrons. The normalized spacial score (nSPS) is 18.2. The van der Waals surface area contributed by atoms with Crippen molar-refractivity contribution in [2.75, 3.05) is 19.6 Å². The lowest BCUT2D eigenvalue weighted by atomic mass is 9.97. The molecule has 1 unspecified atom stereocenters. The van der Waals surface area contributed by atoms with Crippen LogP contribution in [0.2, 0.25) is 0 Å². The highest BCUT2D eigenvalue weighted by atomic mass is 15.3. The summed E-state index contributed by atoms with van der Waals surface area (Å²) >= 11 is 0. The predicted molar refractivity (Wildman–Crippen MR) is 76.8 cm³/mol. The molecule has 0 fully saturated rings. The summed E-state index contributed by atoms with van der Waals surface area (Å²) in [7, 11) is 0. The average molecular weight is 276 g/mol. The van der Waals surface area contributed by atoms with Gasteiger partial charge in [-0.25, -0.2) is 0 Å². The quantitative estimate of drug-likeness (QED) is 0.809. The predicted octanol–water partition coefficient (Wildman–Crippen LogP) is 1.16. The molecule has 2 rings (SSSR count). The van der Waals surface area contributed by atoms with E-state index in [0.717, 1.165) is 57.8 Å². The van der Waals surface area contributed by atoms with Crippen LogP contribution in [0.4, 0.5) is 0 Å². The molecular formula is C14H24N6. The lowest BCUT2D eigenvalue weighted by Crippen LogP contribution is -2.42. The van der Waals surface area contributed by atoms with Gasteiger partial charge in [-0.3, -0.25) is 10.2 Å². The van der Waals surface area contributed by atoms with Crippen LogP contribution >= 0.6 is 0 Å². The van der Waals surface area contributed by atoms with Crippen molar-refractivity contribution in [2.24, 2.45) is 0 Å². The Bertz CT molecular complexity index is 462. The van der Waals surface area contributed by atoms with Crippen LogP contribution < -0.4 is 5.32 Å². The number of nitrogens with one attached hydrogen (secondary N) is 1. The van der Waals surface area contributed by atoms with Gasteiger partial charge in [0.2, 0.25) is 0 Å². The van der Waals surface area contributed by atoms with E-state index in [0.29, 0.717) is 0 Å².